The molecule has 5 nitrogen and oxygen atoms in total. The van der Waals surface area contributed by atoms with Crippen LogP contribution in [-0.4, -0.2) is 43.3 Å². The van der Waals surface area contributed by atoms with E-state index in [1.807, 2.05) is 0 Å². The summed E-state index contributed by atoms with van der Waals surface area (Å²) in [6, 6.07) is 0. The van der Waals surface area contributed by atoms with E-state index in [-0.39, 0.29) is 12.2 Å². The van der Waals surface area contributed by atoms with Gasteiger partial charge in [-0.1, -0.05) is 0 Å². The molecule has 2 aliphatic heterocycles. The predicted molar refractivity (Wildman–Crippen MR) is 44.6 cm³/mol. The van der Waals surface area contributed by atoms with E-state index >= 15 is 0 Å². The zero-order valence-corrected chi connectivity index (χ0v) is 7.98. The Morgan fingerprint density at radius 3 is 3.00 bits per heavy atom. The summed E-state index contributed by atoms with van der Waals surface area (Å²) in [6.45, 7) is 1.22. The molecule has 4 atom stereocenters. The Morgan fingerprint density at radius 1 is 1.71 bits per heavy atom. The molecule has 0 aromatic rings. The van der Waals surface area contributed by atoms with Gasteiger partial charge in [0.2, 0.25) is 0 Å². The fraction of sp³-hybridized carbons (Fsp3) is 0.778. The van der Waals surface area contributed by atoms with Gasteiger partial charge in [0.05, 0.1) is 1.37 Å². The molecule has 0 aromatic carbocycles. The first-order valence-electron chi connectivity index (χ1n) is 4.89. The van der Waals surface area contributed by atoms with Gasteiger partial charge in [-0.3, -0.25) is 9.59 Å². The van der Waals surface area contributed by atoms with Crippen LogP contribution in [-0.2, 0) is 23.8 Å². The molecule has 0 amide bonds. The average Bonchev–Trinajstić information content (AvgIpc) is 2.58. The number of methoxy groups -OCH3 is 1. The van der Waals surface area contributed by atoms with Crippen LogP contribution in [0.5, 0.6) is 0 Å². The number of ether oxygens (including phenoxy) is 3. The highest BCUT2D eigenvalue weighted by molar-refractivity contribution is 5.87. The molecule has 2 heterocycles. The second-order valence-electron chi connectivity index (χ2n) is 3.37. The number of carbonyl (C=O) groups excluding carboxylic acids is 2. The van der Waals surface area contributed by atoms with E-state index < -0.39 is 30.4 Å². The molecule has 2 fully saturated rings. The van der Waals surface area contributed by atoms with E-state index in [1.54, 1.807) is 0 Å². The highest BCUT2D eigenvalue weighted by Crippen LogP contribution is 2.35. The molecule has 0 spiro atoms. The molecular formula is C9H12O5. The van der Waals surface area contributed by atoms with Crippen LogP contribution in [0.1, 0.15) is 14.7 Å². The molecule has 2 rings (SSSR count). The maximum Gasteiger partial charge on any atom is 0.303 e. The lowest BCUT2D eigenvalue weighted by Crippen LogP contribution is -2.45. The van der Waals surface area contributed by atoms with Gasteiger partial charge in [0.15, 0.2) is 11.9 Å². The van der Waals surface area contributed by atoms with Crippen molar-refractivity contribution in [3.8, 4) is 0 Å². The minimum absolute atomic E-state index is 0.0955. The van der Waals surface area contributed by atoms with Gasteiger partial charge < -0.3 is 14.2 Å². The summed E-state index contributed by atoms with van der Waals surface area (Å²) in [7, 11) is 1.37. The van der Waals surface area contributed by atoms with Crippen LogP contribution >= 0.6 is 0 Å². The van der Waals surface area contributed by atoms with Crippen LogP contribution in [0, 0.1) is 0 Å². The van der Waals surface area contributed by atoms with Crippen molar-refractivity contribution in [1.82, 2.24) is 0 Å². The minimum Gasteiger partial charge on any atom is -0.457 e. The molecule has 0 N–H and O–H groups in total. The molecule has 0 aromatic heterocycles. The van der Waals surface area contributed by atoms with Crippen LogP contribution < -0.4 is 0 Å². The molecule has 0 unspecified atom stereocenters. The summed E-state index contributed by atoms with van der Waals surface area (Å²) in [5.74, 6) is -0.669. The number of ketones is 1. The van der Waals surface area contributed by atoms with Gasteiger partial charge in [0.25, 0.3) is 0 Å². The number of hydrogen-bond acceptors (Lipinski definition) is 5. The van der Waals surface area contributed by atoms with Gasteiger partial charge >= 0.3 is 5.97 Å². The van der Waals surface area contributed by atoms with Crippen molar-refractivity contribution < 1.29 is 25.2 Å². The second-order valence-corrected chi connectivity index (χ2v) is 3.37. The zero-order valence-electron chi connectivity index (χ0n) is 8.98. The van der Waals surface area contributed by atoms with E-state index in [2.05, 4.69) is 0 Å². The number of carbonyl (C=O) groups is 2. The third-order valence-corrected chi connectivity index (χ3v) is 2.40. The van der Waals surface area contributed by atoms with Crippen molar-refractivity contribution in [3.63, 3.8) is 0 Å². The Labute approximate surface area is 82.7 Å². The molecule has 0 radical (unpaired) electrons. The standard InChI is InChI=1S/C9H12O5/c1-4(10)13-8-6-3-5(11)7(14-6)9(8)12-2/h6-9H,3H2,1-2H3/t6-,7+,8+,9-/m1/s1/i8D. The number of esters is 1. The van der Waals surface area contributed by atoms with Crippen LogP contribution in [0.25, 0.3) is 0 Å². The summed E-state index contributed by atoms with van der Waals surface area (Å²) in [6.07, 6.45) is -3.77. The highest BCUT2D eigenvalue weighted by Gasteiger charge is 2.56. The molecular weight excluding hydrogens is 188 g/mol. The Hall–Kier alpha value is -0.940. The molecule has 0 aliphatic carbocycles. The minimum atomic E-state index is -1.58. The molecule has 2 bridgehead atoms. The fourth-order valence-electron chi connectivity index (χ4n) is 1.87. The quantitative estimate of drug-likeness (QED) is 0.573. The number of Topliss-reactive ketones (excluding diaryl/α,β-unsaturated/α-hetero) is 1. The van der Waals surface area contributed by atoms with Gasteiger partial charge in [0.1, 0.15) is 18.3 Å². The van der Waals surface area contributed by atoms with E-state index in [9.17, 15) is 9.59 Å². The normalized spacial score (nSPS) is 46.6. The van der Waals surface area contributed by atoms with Crippen molar-refractivity contribution in [2.75, 3.05) is 7.11 Å². The van der Waals surface area contributed by atoms with Crippen molar-refractivity contribution in [2.45, 2.75) is 37.7 Å². The van der Waals surface area contributed by atoms with Gasteiger partial charge in [-0.2, -0.15) is 0 Å². The van der Waals surface area contributed by atoms with E-state index in [1.165, 1.54) is 14.0 Å². The Morgan fingerprint density at radius 2 is 2.43 bits per heavy atom. The van der Waals surface area contributed by atoms with Gasteiger partial charge in [-0.15, -0.1) is 0 Å². The second kappa shape index (κ2) is 3.33. The van der Waals surface area contributed by atoms with Gasteiger partial charge in [-0.05, 0) is 0 Å². The van der Waals surface area contributed by atoms with Crippen LogP contribution in [0.2, 0.25) is 0 Å². The third-order valence-electron chi connectivity index (χ3n) is 2.40. The van der Waals surface area contributed by atoms with Gasteiger partial charge in [-0.25, -0.2) is 0 Å². The SMILES string of the molecule is [2H][C@@]1(OC(C)=O)[C@H](OC)[C@H]2O[C@@H]1CC2=O. The molecule has 78 valence electrons. The smallest absolute Gasteiger partial charge is 0.303 e. The fourth-order valence-corrected chi connectivity index (χ4v) is 1.87. The van der Waals surface area contributed by atoms with Gasteiger partial charge in [0, 0.05) is 20.5 Å². The molecule has 14 heavy (non-hydrogen) atoms. The summed E-state index contributed by atoms with van der Waals surface area (Å²) in [5.41, 5.74) is 0. The van der Waals surface area contributed by atoms with Crippen LogP contribution in [0.4, 0.5) is 0 Å². The summed E-state index contributed by atoms with van der Waals surface area (Å²) in [4.78, 5) is 22.2. The first-order chi connectivity index (χ1) is 6.99. The first-order valence-corrected chi connectivity index (χ1v) is 4.39. The van der Waals surface area contributed by atoms with E-state index in [0.29, 0.717) is 0 Å². The first kappa shape index (κ1) is 8.38. The van der Waals surface area contributed by atoms with Crippen LogP contribution in [0.15, 0.2) is 0 Å². The average molecular weight is 201 g/mol. The topological polar surface area (TPSA) is 61.8 Å². The van der Waals surface area contributed by atoms with Crippen molar-refractivity contribution in [3.05, 3.63) is 0 Å². The summed E-state index contributed by atoms with van der Waals surface area (Å²) < 4.78 is 23.2. The third kappa shape index (κ3) is 1.33. The predicted octanol–water partition coefficient (Wildman–Crippen LogP) is -0.327. The van der Waals surface area contributed by atoms with Crippen molar-refractivity contribution in [2.24, 2.45) is 0 Å². The van der Waals surface area contributed by atoms with Crippen molar-refractivity contribution in [1.29, 1.82) is 0 Å². The number of fused-ring (bicyclic) bond motifs is 2. The van der Waals surface area contributed by atoms with E-state index in [4.69, 9.17) is 15.6 Å². The number of hydrogen-bond donors (Lipinski definition) is 0. The maximum absolute atomic E-state index is 11.3. The zero-order chi connectivity index (χ0) is 11.2. The monoisotopic (exact) mass is 201 g/mol. The largest absolute Gasteiger partial charge is 0.457 e. The molecule has 2 saturated heterocycles. The maximum atomic E-state index is 11.3. The highest BCUT2D eigenvalue weighted by atomic mass is 16.6. The van der Waals surface area contributed by atoms with Crippen molar-refractivity contribution >= 4 is 11.8 Å². The Bertz CT molecular complexity index is 318. The number of rotatable bonds is 2. The lowest BCUT2D eigenvalue weighted by Gasteiger charge is -2.25. The summed E-state index contributed by atoms with van der Waals surface area (Å²) in [5, 5.41) is 0. The summed E-state index contributed by atoms with van der Waals surface area (Å²) >= 11 is 0. The Kier molecular flexibility index (Phi) is 1.99. The lowest BCUT2D eigenvalue weighted by atomic mass is 9.93. The van der Waals surface area contributed by atoms with E-state index in [0.717, 1.165) is 0 Å². The van der Waals surface area contributed by atoms with Crippen LogP contribution in [0.3, 0.4) is 0 Å². The molecule has 0 saturated carbocycles. The molecule has 5 heteroatoms. The Balaban J connectivity index is 2.25. The lowest BCUT2D eigenvalue weighted by molar-refractivity contribution is -0.156. The molecule has 2 aliphatic rings.